The highest BCUT2D eigenvalue weighted by atomic mass is 16.1. The zero-order valence-corrected chi connectivity index (χ0v) is 11.5. The number of nitrogens with zero attached hydrogens (tertiary/aromatic N) is 1. The fourth-order valence-corrected chi connectivity index (χ4v) is 1.94. The minimum Gasteiger partial charge on any atom is -0.298 e. The number of Topliss-reactive ketones (excluding diaryl/α,β-unsaturated/α-hetero) is 1. The monoisotopic (exact) mass is 223 g/mol. The van der Waals surface area contributed by atoms with Gasteiger partial charge in [-0.2, -0.15) is 0 Å². The number of hydrogen-bond acceptors (Lipinski definition) is 2. The highest BCUT2D eigenvalue weighted by Gasteiger charge is 2.25. The second kappa shape index (κ2) is 7.39. The van der Waals surface area contributed by atoms with Gasteiger partial charge in [-0.05, 0) is 39.8 Å². The van der Waals surface area contributed by atoms with E-state index in [0.29, 0.717) is 0 Å². The molecular formula is C14H25NO. The van der Waals surface area contributed by atoms with E-state index in [4.69, 9.17) is 0 Å². The topological polar surface area (TPSA) is 20.3 Å². The van der Waals surface area contributed by atoms with Gasteiger partial charge in [0.15, 0.2) is 0 Å². The van der Waals surface area contributed by atoms with E-state index in [1.54, 1.807) is 6.92 Å². The van der Waals surface area contributed by atoms with Crippen LogP contribution >= 0.6 is 0 Å². The Hall–Kier alpha value is -0.890. The number of carbonyl (C=O) groups excluding carboxylic acids is 1. The summed E-state index contributed by atoms with van der Waals surface area (Å²) in [5.74, 6) is 0.270. The van der Waals surface area contributed by atoms with Crippen molar-refractivity contribution >= 4 is 5.78 Å². The maximum Gasteiger partial charge on any atom is 0.147 e. The molecule has 0 saturated carbocycles. The van der Waals surface area contributed by atoms with Crippen LogP contribution in [0.15, 0.2) is 23.3 Å². The third-order valence-corrected chi connectivity index (χ3v) is 2.84. The smallest absolute Gasteiger partial charge is 0.147 e. The van der Waals surface area contributed by atoms with Crippen LogP contribution in [-0.2, 0) is 4.79 Å². The first-order valence-electron chi connectivity index (χ1n) is 6.08. The molecule has 0 bridgehead atoms. The van der Waals surface area contributed by atoms with E-state index in [1.165, 1.54) is 11.1 Å². The number of carbonyl (C=O) groups is 1. The van der Waals surface area contributed by atoms with Crippen LogP contribution in [-0.4, -0.2) is 30.3 Å². The molecule has 0 aromatic heterocycles. The average molecular weight is 223 g/mol. The third-order valence-electron chi connectivity index (χ3n) is 2.84. The molecule has 0 amide bonds. The molecule has 0 saturated heterocycles. The Bertz CT molecular complexity index is 289. The Balaban J connectivity index is 0.00000106. The van der Waals surface area contributed by atoms with Crippen LogP contribution in [0.5, 0.6) is 0 Å². The maximum absolute atomic E-state index is 11.3. The molecular weight excluding hydrogens is 198 g/mol. The van der Waals surface area contributed by atoms with Crippen molar-refractivity contribution in [3.05, 3.63) is 23.3 Å². The van der Waals surface area contributed by atoms with Crippen LogP contribution in [0, 0.1) is 0 Å². The molecule has 0 radical (unpaired) electrons. The first-order chi connectivity index (χ1) is 7.56. The highest BCUT2D eigenvalue weighted by molar-refractivity contribution is 5.82. The minimum atomic E-state index is 0.0870. The van der Waals surface area contributed by atoms with E-state index >= 15 is 0 Å². The predicted molar refractivity (Wildman–Crippen MR) is 70.6 cm³/mol. The SMILES string of the molecule is C/C=C\C1=C(C)CC(C(C)=O)N(C)C1.CC. The normalized spacial score (nSPS) is 22.0. The molecule has 0 aromatic carbocycles. The average Bonchev–Trinajstić information content (AvgIpc) is 2.26. The molecule has 0 spiro atoms. The third kappa shape index (κ3) is 3.93. The van der Waals surface area contributed by atoms with Gasteiger partial charge in [0.1, 0.15) is 5.78 Å². The Morgan fingerprint density at radius 3 is 2.44 bits per heavy atom. The van der Waals surface area contributed by atoms with Gasteiger partial charge in [0.2, 0.25) is 0 Å². The summed E-state index contributed by atoms with van der Waals surface area (Å²) in [7, 11) is 2.02. The summed E-state index contributed by atoms with van der Waals surface area (Å²) < 4.78 is 0. The van der Waals surface area contributed by atoms with E-state index < -0.39 is 0 Å². The van der Waals surface area contributed by atoms with Crippen molar-refractivity contribution in [1.29, 1.82) is 0 Å². The summed E-state index contributed by atoms with van der Waals surface area (Å²) >= 11 is 0. The van der Waals surface area contributed by atoms with E-state index in [9.17, 15) is 4.79 Å². The zero-order valence-electron chi connectivity index (χ0n) is 11.5. The van der Waals surface area contributed by atoms with E-state index in [1.807, 2.05) is 27.8 Å². The molecule has 1 aliphatic heterocycles. The lowest BCUT2D eigenvalue weighted by Gasteiger charge is -2.32. The lowest BCUT2D eigenvalue weighted by molar-refractivity contribution is -0.121. The van der Waals surface area contributed by atoms with Crippen molar-refractivity contribution < 1.29 is 4.79 Å². The van der Waals surface area contributed by atoms with Crippen LogP contribution in [0.2, 0.25) is 0 Å². The van der Waals surface area contributed by atoms with Crippen molar-refractivity contribution in [3.63, 3.8) is 0 Å². The standard InChI is InChI=1S/C12H19NO.C2H6/c1-5-6-11-8-13(4)12(10(3)14)7-9(11)2;1-2/h5-6,12H,7-8H2,1-4H3;1-2H3/b6-5-;. The first-order valence-corrected chi connectivity index (χ1v) is 6.08. The molecule has 1 rings (SSSR count). The molecule has 1 heterocycles. The van der Waals surface area contributed by atoms with Crippen LogP contribution < -0.4 is 0 Å². The summed E-state index contributed by atoms with van der Waals surface area (Å²) in [6, 6.07) is 0.0870. The van der Waals surface area contributed by atoms with Crippen molar-refractivity contribution in [3.8, 4) is 0 Å². The molecule has 16 heavy (non-hydrogen) atoms. The molecule has 0 aromatic rings. The lowest BCUT2D eigenvalue weighted by atomic mass is 9.93. The van der Waals surface area contributed by atoms with Gasteiger partial charge >= 0.3 is 0 Å². The lowest BCUT2D eigenvalue weighted by Crippen LogP contribution is -2.41. The minimum absolute atomic E-state index is 0.0870. The second-order valence-corrected chi connectivity index (χ2v) is 4.05. The van der Waals surface area contributed by atoms with Crippen LogP contribution in [0.4, 0.5) is 0 Å². The van der Waals surface area contributed by atoms with Crippen LogP contribution in [0.3, 0.4) is 0 Å². The molecule has 2 heteroatoms. The Kier molecular flexibility index (Phi) is 6.98. The van der Waals surface area contributed by atoms with Gasteiger partial charge in [0.05, 0.1) is 6.04 Å². The van der Waals surface area contributed by atoms with E-state index in [2.05, 4.69) is 24.0 Å². The number of ketones is 1. The van der Waals surface area contributed by atoms with E-state index in [0.717, 1.165) is 13.0 Å². The second-order valence-electron chi connectivity index (χ2n) is 4.05. The van der Waals surface area contributed by atoms with Crippen LogP contribution in [0.1, 0.15) is 41.0 Å². The highest BCUT2D eigenvalue weighted by Crippen LogP contribution is 2.22. The molecule has 0 aliphatic carbocycles. The quantitative estimate of drug-likeness (QED) is 0.716. The maximum atomic E-state index is 11.3. The van der Waals surface area contributed by atoms with Crippen molar-refractivity contribution in [2.45, 2.75) is 47.1 Å². The number of allylic oxidation sites excluding steroid dienone is 1. The summed E-state index contributed by atoms with van der Waals surface area (Å²) in [6.07, 6.45) is 5.08. The van der Waals surface area contributed by atoms with Gasteiger partial charge < -0.3 is 0 Å². The van der Waals surface area contributed by atoms with Crippen molar-refractivity contribution in [2.75, 3.05) is 13.6 Å². The fourth-order valence-electron chi connectivity index (χ4n) is 1.94. The molecule has 92 valence electrons. The largest absolute Gasteiger partial charge is 0.298 e. The zero-order chi connectivity index (χ0) is 12.7. The summed E-state index contributed by atoms with van der Waals surface area (Å²) in [4.78, 5) is 13.5. The van der Waals surface area contributed by atoms with Crippen LogP contribution in [0.25, 0.3) is 0 Å². The van der Waals surface area contributed by atoms with Gasteiger partial charge in [0, 0.05) is 6.54 Å². The first kappa shape index (κ1) is 15.1. The fraction of sp³-hybridized carbons (Fsp3) is 0.643. The number of likely N-dealkylation sites (N-methyl/N-ethyl adjacent to an activating group) is 1. The Morgan fingerprint density at radius 1 is 1.44 bits per heavy atom. The molecule has 1 aliphatic rings. The van der Waals surface area contributed by atoms with Gasteiger partial charge in [-0.3, -0.25) is 9.69 Å². The van der Waals surface area contributed by atoms with Crippen molar-refractivity contribution in [1.82, 2.24) is 4.90 Å². The summed E-state index contributed by atoms with van der Waals surface area (Å²) in [6.45, 7) is 10.7. The Morgan fingerprint density at radius 2 is 2.00 bits per heavy atom. The summed E-state index contributed by atoms with van der Waals surface area (Å²) in [5, 5.41) is 0. The van der Waals surface area contributed by atoms with Gasteiger partial charge in [-0.1, -0.05) is 31.6 Å². The Labute approximate surface area is 100 Å². The van der Waals surface area contributed by atoms with E-state index in [-0.39, 0.29) is 11.8 Å². The number of hydrogen-bond donors (Lipinski definition) is 0. The van der Waals surface area contributed by atoms with Crippen molar-refractivity contribution in [2.24, 2.45) is 0 Å². The predicted octanol–water partition coefficient (Wildman–Crippen LogP) is 3.20. The molecule has 2 nitrogen and oxygen atoms in total. The van der Waals surface area contributed by atoms with Gasteiger partial charge in [-0.25, -0.2) is 0 Å². The molecule has 0 N–H and O–H groups in total. The molecule has 0 fully saturated rings. The van der Waals surface area contributed by atoms with Gasteiger partial charge in [-0.15, -0.1) is 0 Å². The number of rotatable bonds is 2. The van der Waals surface area contributed by atoms with Gasteiger partial charge in [0.25, 0.3) is 0 Å². The molecule has 1 atom stereocenters. The summed E-state index contributed by atoms with van der Waals surface area (Å²) in [5.41, 5.74) is 2.70. The molecule has 1 unspecified atom stereocenters.